The molecule has 1 amide bonds. The van der Waals surface area contributed by atoms with Gasteiger partial charge in [-0.1, -0.05) is 47.1 Å². The van der Waals surface area contributed by atoms with Crippen LogP contribution in [0.4, 0.5) is 5.13 Å². The minimum absolute atomic E-state index is 0.122. The van der Waals surface area contributed by atoms with Gasteiger partial charge in [0, 0.05) is 14.1 Å². The number of amides is 1. The second kappa shape index (κ2) is 7.14. The molecular weight excluding hydrogens is 296 g/mol. The van der Waals surface area contributed by atoms with Crippen molar-refractivity contribution in [2.45, 2.75) is 4.34 Å². The van der Waals surface area contributed by atoms with Crippen molar-refractivity contribution < 1.29 is 4.79 Å². The van der Waals surface area contributed by atoms with Gasteiger partial charge in [0.1, 0.15) is 4.32 Å². The van der Waals surface area contributed by atoms with E-state index in [9.17, 15) is 4.79 Å². The lowest BCUT2D eigenvalue weighted by atomic mass is 10.7. The van der Waals surface area contributed by atoms with E-state index < -0.39 is 0 Å². The lowest BCUT2D eigenvalue weighted by molar-refractivity contribution is -0.113. The molecule has 0 fully saturated rings. The van der Waals surface area contributed by atoms with Crippen molar-refractivity contribution in [1.82, 2.24) is 15.1 Å². The molecule has 1 N–H and O–H groups in total. The average molecular weight is 308 g/mol. The highest BCUT2D eigenvalue weighted by atomic mass is 32.2. The summed E-state index contributed by atoms with van der Waals surface area (Å²) in [7, 11) is 3.70. The summed E-state index contributed by atoms with van der Waals surface area (Å²) in [5, 5.41) is 10.9. The number of aromatic nitrogens is 2. The van der Waals surface area contributed by atoms with Gasteiger partial charge >= 0.3 is 0 Å². The molecule has 9 heteroatoms. The first-order valence-corrected chi connectivity index (χ1v) is 7.98. The standard InChI is InChI=1S/C8H12N4OS4/c1-12(2)8(14)16-4-5(13)9-6-10-11-7(15-3)17-6/h4H2,1-3H3,(H,9,10,13). The molecule has 17 heavy (non-hydrogen) atoms. The zero-order chi connectivity index (χ0) is 12.8. The fourth-order valence-electron chi connectivity index (χ4n) is 0.755. The Labute approximate surface area is 118 Å². The average Bonchev–Trinajstić information content (AvgIpc) is 2.73. The maximum absolute atomic E-state index is 11.6. The van der Waals surface area contributed by atoms with E-state index in [4.69, 9.17) is 12.2 Å². The molecule has 1 aromatic heterocycles. The van der Waals surface area contributed by atoms with Crippen molar-refractivity contribution in [3.63, 3.8) is 0 Å². The SMILES string of the molecule is CSc1nnc(NC(=O)CSC(=S)N(C)C)s1. The van der Waals surface area contributed by atoms with Gasteiger partial charge in [-0.25, -0.2) is 0 Å². The maximum Gasteiger partial charge on any atom is 0.236 e. The van der Waals surface area contributed by atoms with E-state index in [1.807, 2.05) is 20.4 Å². The zero-order valence-corrected chi connectivity index (χ0v) is 12.9. The molecule has 0 saturated heterocycles. The Bertz CT molecular complexity index is 406. The molecule has 0 aliphatic rings. The lowest BCUT2D eigenvalue weighted by Gasteiger charge is -2.11. The van der Waals surface area contributed by atoms with Crippen molar-refractivity contribution in [2.24, 2.45) is 0 Å². The quantitative estimate of drug-likeness (QED) is 0.517. The van der Waals surface area contributed by atoms with Crippen molar-refractivity contribution >= 4 is 62.4 Å². The van der Waals surface area contributed by atoms with Gasteiger partial charge in [0.05, 0.1) is 5.75 Å². The number of nitrogens with one attached hydrogen (secondary N) is 1. The summed E-state index contributed by atoms with van der Waals surface area (Å²) in [6.07, 6.45) is 1.91. The molecule has 1 aromatic rings. The fourth-order valence-corrected chi connectivity index (χ4v) is 2.70. The predicted octanol–water partition coefficient (Wildman–Crippen LogP) is 1.78. The second-order valence-electron chi connectivity index (χ2n) is 3.07. The molecule has 0 aliphatic carbocycles. The van der Waals surface area contributed by atoms with Crippen molar-refractivity contribution in [2.75, 3.05) is 31.4 Å². The monoisotopic (exact) mass is 308 g/mol. The molecule has 0 unspecified atom stereocenters. The number of thioether (sulfide) groups is 2. The molecule has 94 valence electrons. The highest BCUT2D eigenvalue weighted by Crippen LogP contribution is 2.23. The third-order valence-corrected chi connectivity index (χ3v) is 5.07. The van der Waals surface area contributed by atoms with E-state index in [0.717, 1.165) is 4.34 Å². The summed E-state index contributed by atoms with van der Waals surface area (Å²) in [5.74, 6) is 0.161. The van der Waals surface area contributed by atoms with E-state index in [1.165, 1.54) is 34.9 Å². The van der Waals surface area contributed by atoms with Crippen LogP contribution in [-0.4, -0.2) is 51.4 Å². The van der Waals surface area contributed by atoms with Crippen LogP contribution < -0.4 is 5.32 Å². The van der Waals surface area contributed by atoms with Crippen LogP contribution in [0, 0.1) is 0 Å². The molecule has 0 spiro atoms. The Morgan fingerprint density at radius 1 is 1.53 bits per heavy atom. The number of hydrogen-bond acceptors (Lipinski definition) is 7. The minimum Gasteiger partial charge on any atom is -0.364 e. The van der Waals surface area contributed by atoms with Gasteiger partial charge in [0.25, 0.3) is 0 Å². The first-order valence-electron chi connectivity index (χ1n) is 4.54. The van der Waals surface area contributed by atoms with Gasteiger partial charge in [-0.2, -0.15) is 0 Å². The number of carbonyl (C=O) groups excluding carboxylic acids is 1. The van der Waals surface area contributed by atoms with Gasteiger partial charge in [-0.3, -0.25) is 10.1 Å². The van der Waals surface area contributed by atoms with Gasteiger partial charge in [-0.05, 0) is 6.26 Å². The van der Waals surface area contributed by atoms with Crippen molar-refractivity contribution in [1.29, 1.82) is 0 Å². The molecular formula is C8H12N4OS4. The Morgan fingerprint density at radius 3 is 2.76 bits per heavy atom. The van der Waals surface area contributed by atoms with Crippen molar-refractivity contribution in [3.8, 4) is 0 Å². The number of thiocarbonyl (C=S) groups is 1. The van der Waals surface area contributed by atoms with Crippen LogP contribution in [0.15, 0.2) is 4.34 Å². The molecule has 0 aliphatic heterocycles. The van der Waals surface area contributed by atoms with Crippen LogP contribution in [-0.2, 0) is 4.79 Å². The maximum atomic E-state index is 11.6. The smallest absolute Gasteiger partial charge is 0.236 e. The summed E-state index contributed by atoms with van der Waals surface area (Å²) in [5.41, 5.74) is 0. The van der Waals surface area contributed by atoms with E-state index >= 15 is 0 Å². The van der Waals surface area contributed by atoms with Crippen LogP contribution in [0.2, 0.25) is 0 Å². The highest BCUT2D eigenvalue weighted by molar-refractivity contribution is 8.23. The molecule has 0 saturated carbocycles. The van der Waals surface area contributed by atoms with E-state index in [-0.39, 0.29) is 11.7 Å². The summed E-state index contributed by atoms with van der Waals surface area (Å²) in [6.45, 7) is 0. The number of rotatable bonds is 4. The molecule has 0 bridgehead atoms. The Morgan fingerprint density at radius 2 is 2.24 bits per heavy atom. The largest absolute Gasteiger partial charge is 0.364 e. The molecule has 1 heterocycles. The number of nitrogens with zero attached hydrogens (tertiary/aromatic N) is 3. The van der Waals surface area contributed by atoms with Crippen LogP contribution in [0.25, 0.3) is 0 Å². The van der Waals surface area contributed by atoms with Crippen LogP contribution in [0.3, 0.4) is 0 Å². The Balaban J connectivity index is 2.37. The Kier molecular flexibility index (Phi) is 6.17. The first-order chi connectivity index (χ1) is 8.02. The third-order valence-electron chi connectivity index (χ3n) is 1.52. The highest BCUT2D eigenvalue weighted by Gasteiger charge is 2.09. The van der Waals surface area contributed by atoms with Gasteiger partial charge in [-0.15, -0.1) is 10.2 Å². The van der Waals surface area contributed by atoms with Crippen LogP contribution in [0.1, 0.15) is 0 Å². The second-order valence-corrected chi connectivity index (χ2v) is 6.71. The summed E-state index contributed by atoms with van der Waals surface area (Å²) in [4.78, 5) is 13.4. The lowest BCUT2D eigenvalue weighted by Crippen LogP contribution is -2.20. The van der Waals surface area contributed by atoms with Gasteiger partial charge < -0.3 is 4.90 Å². The first kappa shape index (κ1) is 14.7. The summed E-state index contributed by atoms with van der Waals surface area (Å²) < 4.78 is 1.51. The molecule has 0 atom stereocenters. The summed E-state index contributed by atoms with van der Waals surface area (Å²) in [6, 6.07) is 0. The van der Waals surface area contributed by atoms with Crippen LogP contribution >= 0.6 is 47.1 Å². The van der Waals surface area contributed by atoms with Gasteiger partial charge in [0.15, 0.2) is 4.34 Å². The van der Waals surface area contributed by atoms with E-state index in [0.29, 0.717) is 9.45 Å². The van der Waals surface area contributed by atoms with Crippen LogP contribution in [0.5, 0.6) is 0 Å². The molecule has 0 aromatic carbocycles. The molecule has 0 radical (unpaired) electrons. The van der Waals surface area contributed by atoms with E-state index in [1.54, 1.807) is 4.90 Å². The zero-order valence-electron chi connectivity index (χ0n) is 9.59. The third kappa shape index (κ3) is 5.19. The van der Waals surface area contributed by atoms with E-state index in [2.05, 4.69) is 15.5 Å². The normalized spacial score (nSPS) is 10.1. The van der Waals surface area contributed by atoms with Gasteiger partial charge in [0.2, 0.25) is 11.0 Å². The topological polar surface area (TPSA) is 58.1 Å². The molecule has 1 rings (SSSR count). The number of carbonyl (C=O) groups is 1. The predicted molar refractivity (Wildman–Crippen MR) is 79.1 cm³/mol. The fraction of sp³-hybridized carbons (Fsp3) is 0.500. The minimum atomic E-state index is -0.122. The number of hydrogen-bond donors (Lipinski definition) is 1. The molecule has 5 nitrogen and oxygen atoms in total. The van der Waals surface area contributed by atoms with Crippen molar-refractivity contribution in [3.05, 3.63) is 0 Å². The number of anilines is 1. The summed E-state index contributed by atoms with van der Waals surface area (Å²) >= 11 is 9.24. The Hall–Kier alpha value is -0.380.